The molecule has 0 N–H and O–H groups in total. The first kappa shape index (κ1) is 17.1. The van der Waals surface area contributed by atoms with E-state index in [1.807, 2.05) is 6.08 Å². The van der Waals surface area contributed by atoms with Gasteiger partial charge in [-0.25, -0.2) is 5.06 Å². The Morgan fingerprint density at radius 2 is 1.78 bits per heavy atom. The average Bonchev–Trinajstić information content (AvgIpc) is 2.39. The monoisotopic (exact) mass is 257 g/mol. The van der Waals surface area contributed by atoms with Crippen molar-refractivity contribution >= 4 is 5.91 Å². The predicted molar refractivity (Wildman–Crippen MR) is 73.1 cm³/mol. The lowest BCUT2D eigenvalue weighted by Crippen LogP contribution is -2.29. The fraction of sp³-hybridized carbons (Fsp3) is 0.786. The van der Waals surface area contributed by atoms with Gasteiger partial charge in [-0.05, 0) is 19.3 Å². The number of hydroxylamine groups is 2. The van der Waals surface area contributed by atoms with Crippen molar-refractivity contribution in [3.8, 4) is 0 Å². The highest BCUT2D eigenvalue weighted by Crippen LogP contribution is 2.07. The molecule has 0 aliphatic carbocycles. The Balaban J connectivity index is 3.16. The number of hydrogen-bond acceptors (Lipinski definition) is 3. The van der Waals surface area contributed by atoms with Gasteiger partial charge in [-0.15, -0.1) is 6.58 Å². The summed E-state index contributed by atoms with van der Waals surface area (Å²) in [6.07, 6.45) is 10.3. The quantitative estimate of drug-likeness (QED) is 0.306. The summed E-state index contributed by atoms with van der Waals surface area (Å²) < 4.78 is 5.28. The summed E-state index contributed by atoms with van der Waals surface area (Å²) >= 11 is 0. The van der Waals surface area contributed by atoms with Gasteiger partial charge in [-0.3, -0.25) is 9.63 Å². The van der Waals surface area contributed by atoms with Crippen LogP contribution >= 0.6 is 0 Å². The zero-order valence-corrected chi connectivity index (χ0v) is 11.8. The van der Waals surface area contributed by atoms with Crippen LogP contribution in [0.4, 0.5) is 0 Å². The summed E-state index contributed by atoms with van der Waals surface area (Å²) in [6, 6.07) is 0. The van der Waals surface area contributed by atoms with Gasteiger partial charge in [-0.1, -0.05) is 31.8 Å². The van der Waals surface area contributed by atoms with Crippen LogP contribution in [0.1, 0.15) is 44.9 Å². The van der Waals surface area contributed by atoms with Crippen LogP contribution < -0.4 is 0 Å². The van der Waals surface area contributed by atoms with E-state index in [9.17, 15) is 4.79 Å². The molecule has 18 heavy (non-hydrogen) atoms. The number of amides is 1. The molecule has 0 radical (unpaired) electrons. The molecule has 0 fully saturated rings. The van der Waals surface area contributed by atoms with Gasteiger partial charge in [0.25, 0.3) is 5.91 Å². The molecule has 0 aliphatic heterocycles. The van der Waals surface area contributed by atoms with Gasteiger partial charge < -0.3 is 4.74 Å². The molecule has 0 aromatic rings. The highest BCUT2D eigenvalue weighted by atomic mass is 16.7. The number of rotatable bonds is 12. The first-order valence-electron chi connectivity index (χ1n) is 6.71. The zero-order chi connectivity index (χ0) is 13.6. The summed E-state index contributed by atoms with van der Waals surface area (Å²) in [5.74, 6) is -0.151. The van der Waals surface area contributed by atoms with Crippen molar-refractivity contribution in [1.29, 1.82) is 0 Å². The molecule has 0 rings (SSSR count). The van der Waals surface area contributed by atoms with Crippen LogP contribution in [0.3, 0.4) is 0 Å². The standard InChI is InChI=1S/C14H27NO3/c1-4-5-6-7-8-9-10-11-12-18-13-14(16)15(2)17-3/h4H,1,5-13H2,2-3H3. The summed E-state index contributed by atoms with van der Waals surface area (Å²) in [5, 5.41) is 1.18. The van der Waals surface area contributed by atoms with Crippen molar-refractivity contribution in [2.45, 2.75) is 44.9 Å². The Kier molecular flexibility index (Phi) is 12.0. The molecule has 0 saturated heterocycles. The second kappa shape index (κ2) is 12.6. The SMILES string of the molecule is C=CCCCCCCCCOCC(=O)N(C)OC. The van der Waals surface area contributed by atoms with Crippen LogP contribution in [0.25, 0.3) is 0 Å². The maximum absolute atomic E-state index is 11.3. The van der Waals surface area contributed by atoms with Gasteiger partial charge >= 0.3 is 0 Å². The molecule has 0 spiro atoms. The Morgan fingerprint density at radius 3 is 2.39 bits per heavy atom. The van der Waals surface area contributed by atoms with Crippen molar-refractivity contribution in [2.75, 3.05) is 27.4 Å². The number of unbranched alkanes of at least 4 members (excludes halogenated alkanes) is 6. The Labute approximate surface area is 111 Å². The minimum Gasteiger partial charge on any atom is -0.372 e. The summed E-state index contributed by atoms with van der Waals surface area (Å²) in [7, 11) is 3.04. The van der Waals surface area contributed by atoms with Crippen molar-refractivity contribution in [3.05, 3.63) is 12.7 Å². The number of carbonyl (C=O) groups is 1. The van der Waals surface area contributed by atoms with Crippen LogP contribution in [-0.4, -0.2) is 38.3 Å². The van der Waals surface area contributed by atoms with Gasteiger partial charge in [0.2, 0.25) is 0 Å². The highest BCUT2D eigenvalue weighted by molar-refractivity contribution is 5.75. The number of ether oxygens (including phenoxy) is 1. The third-order valence-corrected chi connectivity index (χ3v) is 2.80. The zero-order valence-electron chi connectivity index (χ0n) is 11.8. The molecule has 0 aromatic heterocycles. The van der Waals surface area contributed by atoms with Gasteiger partial charge in [0, 0.05) is 13.7 Å². The van der Waals surface area contributed by atoms with Crippen molar-refractivity contribution in [3.63, 3.8) is 0 Å². The van der Waals surface area contributed by atoms with Crippen LogP contribution in [0.2, 0.25) is 0 Å². The maximum Gasteiger partial charge on any atom is 0.271 e. The van der Waals surface area contributed by atoms with Crippen molar-refractivity contribution in [1.82, 2.24) is 5.06 Å². The van der Waals surface area contributed by atoms with Gasteiger partial charge in [0.1, 0.15) is 6.61 Å². The molecule has 0 bridgehead atoms. The molecule has 0 aromatic carbocycles. The lowest BCUT2D eigenvalue weighted by molar-refractivity contribution is -0.173. The first-order valence-corrected chi connectivity index (χ1v) is 6.71. The van der Waals surface area contributed by atoms with Gasteiger partial charge in [0.15, 0.2) is 0 Å². The third kappa shape index (κ3) is 10.3. The number of nitrogens with zero attached hydrogens (tertiary/aromatic N) is 1. The molecular weight excluding hydrogens is 230 g/mol. The predicted octanol–water partition coefficient (Wildman–Crippen LogP) is 2.94. The van der Waals surface area contributed by atoms with E-state index < -0.39 is 0 Å². The topological polar surface area (TPSA) is 38.8 Å². The number of hydrogen-bond donors (Lipinski definition) is 0. The maximum atomic E-state index is 11.3. The molecule has 0 unspecified atom stereocenters. The second-order valence-electron chi connectivity index (χ2n) is 4.33. The molecule has 0 atom stereocenters. The van der Waals surface area contributed by atoms with E-state index in [0.717, 1.165) is 12.8 Å². The van der Waals surface area contributed by atoms with Crippen LogP contribution in [0.15, 0.2) is 12.7 Å². The Morgan fingerprint density at radius 1 is 1.17 bits per heavy atom. The van der Waals surface area contributed by atoms with E-state index in [2.05, 4.69) is 6.58 Å². The minimum atomic E-state index is -0.151. The lowest BCUT2D eigenvalue weighted by Gasteiger charge is -2.13. The van der Waals surface area contributed by atoms with Crippen LogP contribution in [-0.2, 0) is 14.4 Å². The number of allylic oxidation sites excluding steroid dienone is 1. The molecule has 0 heterocycles. The molecular formula is C14H27NO3. The van der Waals surface area contributed by atoms with Gasteiger partial charge in [0.05, 0.1) is 7.11 Å². The van der Waals surface area contributed by atoms with E-state index in [-0.39, 0.29) is 12.5 Å². The fourth-order valence-electron chi connectivity index (χ4n) is 1.55. The fourth-order valence-corrected chi connectivity index (χ4v) is 1.55. The van der Waals surface area contributed by atoms with E-state index in [0.29, 0.717) is 6.61 Å². The summed E-state index contributed by atoms with van der Waals surface area (Å²) in [6.45, 7) is 4.45. The van der Waals surface area contributed by atoms with E-state index in [1.54, 1.807) is 7.05 Å². The lowest BCUT2D eigenvalue weighted by atomic mass is 10.1. The highest BCUT2D eigenvalue weighted by Gasteiger charge is 2.06. The number of carbonyl (C=O) groups excluding carboxylic acids is 1. The van der Waals surface area contributed by atoms with Crippen LogP contribution in [0, 0.1) is 0 Å². The number of likely N-dealkylation sites (N-methyl/N-ethyl adjacent to an activating group) is 1. The normalized spacial score (nSPS) is 10.3. The third-order valence-electron chi connectivity index (χ3n) is 2.80. The van der Waals surface area contributed by atoms with E-state index in [4.69, 9.17) is 9.57 Å². The smallest absolute Gasteiger partial charge is 0.271 e. The first-order chi connectivity index (χ1) is 8.72. The van der Waals surface area contributed by atoms with Crippen LogP contribution in [0.5, 0.6) is 0 Å². The Hall–Kier alpha value is -0.870. The van der Waals surface area contributed by atoms with E-state index >= 15 is 0 Å². The van der Waals surface area contributed by atoms with Crippen molar-refractivity contribution < 1.29 is 14.4 Å². The summed E-state index contributed by atoms with van der Waals surface area (Å²) in [5.41, 5.74) is 0. The summed E-state index contributed by atoms with van der Waals surface area (Å²) in [4.78, 5) is 16.0. The van der Waals surface area contributed by atoms with Crippen molar-refractivity contribution in [2.24, 2.45) is 0 Å². The molecule has 0 saturated carbocycles. The average molecular weight is 257 g/mol. The largest absolute Gasteiger partial charge is 0.372 e. The Bertz CT molecular complexity index is 219. The molecule has 4 nitrogen and oxygen atoms in total. The minimum absolute atomic E-state index is 0.101. The molecule has 1 amide bonds. The molecule has 106 valence electrons. The van der Waals surface area contributed by atoms with Gasteiger partial charge in [-0.2, -0.15) is 0 Å². The molecule has 0 aliphatic rings. The second-order valence-corrected chi connectivity index (χ2v) is 4.33. The van der Waals surface area contributed by atoms with E-state index in [1.165, 1.54) is 44.3 Å². The molecule has 4 heteroatoms.